The van der Waals surface area contributed by atoms with E-state index in [0.29, 0.717) is 68.9 Å². The number of hydrogen-bond acceptors (Lipinski definition) is 9. The van der Waals surface area contributed by atoms with Crippen molar-refractivity contribution >= 4 is 11.9 Å². The first-order valence-electron chi connectivity index (χ1n) is 14.9. The number of carboxylic acid groups (broad SMARTS) is 1. The Balaban J connectivity index is 1.52. The lowest BCUT2D eigenvalue weighted by Crippen LogP contribution is -2.42. The van der Waals surface area contributed by atoms with Crippen LogP contribution in [0.2, 0.25) is 0 Å². The van der Waals surface area contributed by atoms with Gasteiger partial charge in [-0.15, -0.1) is 0 Å². The van der Waals surface area contributed by atoms with Gasteiger partial charge in [0.1, 0.15) is 34.7 Å². The van der Waals surface area contributed by atoms with E-state index in [0.717, 1.165) is 29.3 Å². The summed E-state index contributed by atoms with van der Waals surface area (Å²) in [6.45, 7) is 3.25. The van der Waals surface area contributed by atoms with Crippen LogP contribution < -0.4 is 14.8 Å². The third-order valence-corrected chi connectivity index (χ3v) is 6.82. The average Bonchev–Trinajstić information content (AvgIpc) is 3.08. The molecule has 1 amide bonds. The zero-order valence-electron chi connectivity index (χ0n) is 26.7. The summed E-state index contributed by atoms with van der Waals surface area (Å²) in [5.74, 6) is -3.65. The van der Waals surface area contributed by atoms with E-state index in [9.17, 15) is 23.5 Å². The summed E-state index contributed by atoms with van der Waals surface area (Å²) in [7, 11) is 3.06. The molecule has 0 saturated heterocycles. The molecule has 1 atom stereocenters. The number of carboxylic acids is 1. The van der Waals surface area contributed by atoms with Crippen LogP contribution in [0.5, 0.6) is 11.5 Å². The first kappa shape index (κ1) is 37.7. The zero-order valence-corrected chi connectivity index (χ0v) is 26.7. The lowest BCUT2D eigenvalue weighted by molar-refractivity contribution is -0.139. The number of nitrogens with one attached hydrogen (secondary N) is 1. The fourth-order valence-corrected chi connectivity index (χ4v) is 4.52. The first-order chi connectivity index (χ1) is 23.3. The molecule has 3 rings (SSSR count). The Labute approximate surface area is 276 Å². The normalized spacial score (nSPS) is 11.4. The molecule has 0 aliphatic heterocycles. The number of aliphatic carboxylic acids is 1. The van der Waals surface area contributed by atoms with Crippen molar-refractivity contribution in [1.82, 2.24) is 5.32 Å². The second kappa shape index (κ2) is 20.4. The highest BCUT2D eigenvalue weighted by molar-refractivity contribution is 5.97. The van der Waals surface area contributed by atoms with E-state index in [2.05, 4.69) is 15.3 Å². The van der Waals surface area contributed by atoms with Crippen LogP contribution in [-0.2, 0) is 36.8 Å². The van der Waals surface area contributed by atoms with Gasteiger partial charge in [0.25, 0.3) is 5.91 Å². The zero-order chi connectivity index (χ0) is 34.7. The monoisotopic (exact) mass is 672 g/mol. The van der Waals surface area contributed by atoms with Gasteiger partial charge in [-0.25, -0.2) is 13.6 Å². The number of benzene rings is 3. The van der Waals surface area contributed by atoms with Gasteiger partial charge in [0, 0.05) is 17.9 Å². The molecule has 48 heavy (non-hydrogen) atoms. The molecule has 3 aromatic carbocycles. The number of nitrogens with zero attached hydrogens (tertiary/aromatic N) is 3. The maximum atomic E-state index is 14.0. The quantitative estimate of drug-likeness (QED) is 0.0649. The molecule has 1 unspecified atom stereocenters. The van der Waals surface area contributed by atoms with Crippen molar-refractivity contribution in [2.75, 3.05) is 67.0 Å². The van der Waals surface area contributed by atoms with Crippen molar-refractivity contribution in [2.24, 2.45) is 5.11 Å². The van der Waals surface area contributed by atoms with Crippen LogP contribution in [0.15, 0.2) is 59.7 Å². The molecule has 0 aliphatic rings. The van der Waals surface area contributed by atoms with Gasteiger partial charge >= 0.3 is 5.97 Å². The molecule has 0 fully saturated rings. The number of amides is 1. The van der Waals surface area contributed by atoms with Crippen molar-refractivity contribution in [1.29, 1.82) is 0 Å². The summed E-state index contributed by atoms with van der Waals surface area (Å²) in [5, 5.41) is 15.2. The fraction of sp³-hybridized carbons (Fsp3) is 0.394. The molecule has 0 heterocycles. The van der Waals surface area contributed by atoms with E-state index in [1.165, 1.54) is 14.2 Å². The molecule has 15 heteroatoms. The predicted molar refractivity (Wildman–Crippen MR) is 170 cm³/mol. The third kappa shape index (κ3) is 11.8. The molecular formula is C33H38F2N4O9. The maximum Gasteiger partial charge on any atom is 0.326 e. The molecule has 0 radical (unpaired) electrons. The molecule has 2 N–H and O–H groups in total. The summed E-state index contributed by atoms with van der Waals surface area (Å²) in [5.41, 5.74) is 10.1. The Morgan fingerprint density at radius 1 is 0.833 bits per heavy atom. The molecule has 3 aromatic rings. The molecule has 13 nitrogen and oxygen atoms in total. The Morgan fingerprint density at radius 3 is 1.90 bits per heavy atom. The first-order valence-corrected chi connectivity index (χ1v) is 14.9. The van der Waals surface area contributed by atoms with E-state index >= 15 is 0 Å². The van der Waals surface area contributed by atoms with Gasteiger partial charge in [-0.2, -0.15) is 0 Å². The molecular weight excluding hydrogens is 634 g/mol. The SMILES string of the molecule is COc1cc(COCCOCCOCCOCCN=[N+]=[N-])cc(OC)c1-c1ccc(CC(NC(=O)c2c(F)cccc2F)C(=O)O)cc1. The Hall–Kier alpha value is -4.79. The van der Waals surface area contributed by atoms with Crippen molar-refractivity contribution in [3.8, 4) is 22.6 Å². The van der Waals surface area contributed by atoms with Crippen LogP contribution in [0, 0.1) is 11.6 Å². The molecule has 0 bridgehead atoms. The predicted octanol–water partition coefficient (Wildman–Crippen LogP) is 4.95. The lowest BCUT2D eigenvalue weighted by atomic mass is 9.98. The maximum absolute atomic E-state index is 14.0. The van der Waals surface area contributed by atoms with Crippen LogP contribution in [0.25, 0.3) is 21.6 Å². The van der Waals surface area contributed by atoms with Gasteiger partial charge in [0.2, 0.25) is 0 Å². The van der Waals surface area contributed by atoms with Gasteiger partial charge in [0.05, 0.1) is 72.6 Å². The smallest absolute Gasteiger partial charge is 0.326 e. The molecule has 0 aliphatic carbocycles. The van der Waals surface area contributed by atoms with Gasteiger partial charge < -0.3 is 38.8 Å². The summed E-state index contributed by atoms with van der Waals surface area (Å²) in [6.07, 6.45) is -0.130. The minimum Gasteiger partial charge on any atom is -0.496 e. The summed E-state index contributed by atoms with van der Waals surface area (Å²) >= 11 is 0. The van der Waals surface area contributed by atoms with E-state index in [1.54, 1.807) is 24.3 Å². The Kier molecular flexibility index (Phi) is 16.0. The van der Waals surface area contributed by atoms with Crippen molar-refractivity contribution in [2.45, 2.75) is 19.1 Å². The van der Waals surface area contributed by atoms with Crippen LogP contribution >= 0.6 is 0 Å². The van der Waals surface area contributed by atoms with Crippen molar-refractivity contribution in [3.05, 3.63) is 93.4 Å². The van der Waals surface area contributed by atoms with Crippen LogP contribution in [0.1, 0.15) is 21.5 Å². The number of azide groups is 1. The van der Waals surface area contributed by atoms with E-state index in [1.807, 2.05) is 12.1 Å². The molecule has 258 valence electrons. The topological polar surface area (TPSA) is 171 Å². The summed E-state index contributed by atoms with van der Waals surface area (Å²) in [6, 6.07) is 12.0. The van der Waals surface area contributed by atoms with Crippen LogP contribution in [0.4, 0.5) is 8.78 Å². The lowest BCUT2D eigenvalue weighted by Gasteiger charge is -2.17. The van der Waals surface area contributed by atoms with Crippen molar-refractivity contribution < 1.29 is 51.9 Å². The third-order valence-electron chi connectivity index (χ3n) is 6.82. The highest BCUT2D eigenvalue weighted by atomic mass is 19.1. The molecule has 0 aromatic heterocycles. The van der Waals surface area contributed by atoms with Gasteiger partial charge in [-0.1, -0.05) is 35.4 Å². The molecule has 0 saturated carbocycles. The largest absolute Gasteiger partial charge is 0.496 e. The highest BCUT2D eigenvalue weighted by Gasteiger charge is 2.25. The van der Waals surface area contributed by atoms with Gasteiger partial charge in [-0.05, 0) is 46.5 Å². The number of ether oxygens (including phenoxy) is 6. The highest BCUT2D eigenvalue weighted by Crippen LogP contribution is 2.40. The fourth-order valence-electron chi connectivity index (χ4n) is 4.52. The number of methoxy groups -OCH3 is 2. The number of carbonyl (C=O) groups excluding carboxylic acids is 1. The minimum atomic E-state index is -1.43. The van der Waals surface area contributed by atoms with Crippen LogP contribution in [-0.4, -0.2) is 90.0 Å². The van der Waals surface area contributed by atoms with Gasteiger partial charge in [-0.3, -0.25) is 4.79 Å². The molecule has 0 spiro atoms. The Bertz CT molecular complexity index is 1490. The second-order valence-corrected chi connectivity index (χ2v) is 10.1. The van der Waals surface area contributed by atoms with E-state index < -0.39 is 35.1 Å². The summed E-state index contributed by atoms with van der Waals surface area (Å²) < 4.78 is 61.3. The number of hydrogen-bond donors (Lipinski definition) is 2. The average molecular weight is 673 g/mol. The minimum absolute atomic E-state index is 0.130. The van der Waals surface area contributed by atoms with Crippen molar-refractivity contribution in [3.63, 3.8) is 0 Å². The second-order valence-electron chi connectivity index (χ2n) is 10.1. The number of rotatable bonds is 22. The van der Waals surface area contributed by atoms with Crippen LogP contribution in [0.3, 0.4) is 0 Å². The van der Waals surface area contributed by atoms with Gasteiger partial charge in [0.15, 0.2) is 0 Å². The number of halogens is 2. The number of carbonyl (C=O) groups is 2. The standard InChI is InChI=1S/C33H38F2N4O9/c1-43-28-19-23(21-48-17-16-47-15-14-46-13-12-45-11-10-37-39-36)20-29(44-2)30(28)24-8-6-22(7-9-24)18-27(33(41)42)38-32(40)31-25(34)4-3-5-26(31)35/h3-9,19-20,27H,10-18,21H2,1-2H3,(H,38,40)(H,41,42). The van der Waals surface area contributed by atoms with E-state index in [4.69, 9.17) is 34.0 Å². The Morgan fingerprint density at radius 2 is 1.38 bits per heavy atom. The van der Waals surface area contributed by atoms with E-state index in [-0.39, 0.29) is 19.6 Å². The summed E-state index contributed by atoms with van der Waals surface area (Å²) in [4.78, 5) is 27.0.